The van der Waals surface area contributed by atoms with Gasteiger partial charge in [-0.25, -0.2) is 13.1 Å². The first-order valence-electron chi connectivity index (χ1n) is 7.15. The minimum Gasteiger partial charge on any atom is -0.210 e. The van der Waals surface area contributed by atoms with E-state index in [1.807, 2.05) is 32.9 Å². The second-order valence-electron chi connectivity index (χ2n) is 5.33. The van der Waals surface area contributed by atoms with Crippen molar-refractivity contribution in [2.24, 2.45) is 0 Å². The molecule has 0 atom stereocenters. The quantitative estimate of drug-likeness (QED) is 0.647. The molecule has 0 saturated carbocycles. The van der Waals surface area contributed by atoms with Gasteiger partial charge in [-0.05, 0) is 44.5 Å². The summed E-state index contributed by atoms with van der Waals surface area (Å²) in [7, 11) is -3.43. The molecule has 22 heavy (non-hydrogen) atoms. The highest BCUT2D eigenvalue weighted by Gasteiger charge is 2.15. The first kappa shape index (κ1) is 17.1. The van der Waals surface area contributed by atoms with Crippen LogP contribution >= 0.6 is 11.8 Å². The third-order valence-corrected chi connectivity index (χ3v) is 5.94. The third-order valence-electron chi connectivity index (χ3n) is 3.30. The fraction of sp³-hybridized carbons (Fsp3) is 0.294. The highest BCUT2D eigenvalue weighted by molar-refractivity contribution is 7.99. The molecule has 0 fully saturated rings. The number of rotatable bonds is 6. The van der Waals surface area contributed by atoms with Crippen molar-refractivity contribution in [2.45, 2.75) is 30.6 Å². The fourth-order valence-corrected chi connectivity index (χ4v) is 4.31. The molecule has 0 aliphatic rings. The summed E-state index contributed by atoms with van der Waals surface area (Å²) in [4.78, 5) is 1.51. The van der Waals surface area contributed by atoms with E-state index in [9.17, 15) is 8.42 Å². The lowest BCUT2D eigenvalue weighted by Gasteiger charge is -2.10. The normalized spacial score (nSPS) is 11.6. The van der Waals surface area contributed by atoms with E-state index in [0.29, 0.717) is 17.2 Å². The van der Waals surface area contributed by atoms with Crippen LogP contribution in [-0.2, 0) is 10.0 Å². The zero-order valence-electron chi connectivity index (χ0n) is 13.1. The van der Waals surface area contributed by atoms with Gasteiger partial charge < -0.3 is 0 Å². The average Bonchev–Trinajstić information content (AvgIpc) is 2.45. The van der Waals surface area contributed by atoms with Crippen molar-refractivity contribution >= 4 is 21.8 Å². The molecule has 0 aromatic heterocycles. The van der Waals surface area contributed by atoms with Crippen LogP contribution in [0.2, 0.25) is 0 Å². The summed E-state index contributed by atoms with van der Waals surface area (Å²) in [5.41, 5.74) is 3.06. The Hall–Kier alpha value is -1.30. The molecule has 2 aromatic carbocycles. The van der Waals surface area contributed by atoms with E-state index in [1.54, 1.807) is 17.8 Å². The lowest BCUT2D eigenvalue weighted by atomic mass is 10.2. The van der Waals surface area contributed by atoms with Gasteiger partial charge in [-0.15, -0.1) is 11.8 Å². The number of nitrogens with one attached hydrogen (secondary N) is 1. The van der Waals surface area contributed by atoms with Crippen molar-refractivity contribution in [1.29, 1.82) is 0 Å². The van der Waals surface area contributed by atoms with Gasteiger partial charge in [-0.1, -0.05) is 35.4 Å². The Morgan fingerprint density at radius 1 is 0.955 bits per heavy atom. The Labute approximate surface area is 137 Å². The first-order chi connectivity index (χ1) is 10.4. The Balaban J connectivity index is 1.91. The van der Waals surface area contributed by atoms with Crippen molar-refractivity contribution in [3.8, 4) is 0 Å². The Morgan fingerprint density at radius 2 is 1.59 bits per heavy atom. The second-order valence-corrected chi connectivity index (χ2v) is 8.23. The molecule has 0 radical (unpaired) electrons. The average molecular weight is 335 g/mol. The molecule has 0 unspecified atom stereocenters. The minimum absolute atomic E-state index is 0.360. The zero-order valence-corrected chi connectivity index (χ0v) is 14.7. The topological polar surface area (TPSA) is 46.2 Å². The molecular weight excluding hydrogens is 314 g/mol. The molecule has 0 amide bonds. The third kappa shape index (κ3) is 4.60. The molecule has 0 aliphatic heterocycles. The fourth-order valence-electron chi connectivity index (χ4n) is 2.16. The highest BCUT2D eigenvalue weighted by Crippen LogP contribution is 2.19. The first-order valence-corrected chi connectivity index (χ1v) is 9.62. The number of hydrogen-bond acceptors (Lipinski definition) is 3. The Bertz CT molecular complexity index is 738. The number of thioether (sulfide) groups is 1. The maximum atomic E-state index is 12.3. The summed E-state index contributed by atoms with van der Waals surface area (Å²) < 4.78 is 27.3. The maximum Gasteiger partial charge on any atom is 0.240 e. The van der Waals surface area contributed by atoms with Crippen LogP contribution in [0.5, 0.6) is 0 Å². The summed E-state index contributed by atoms with van der Waals surface area (Å²) in [6.45, 7) is 6.23. The smallest absolute Gasteiger partial charge is 0.210 e. The van der Waals surface area contributed by atoms with Crippen LogP contribution in [-0.4, -0.2) is 20.7 Å². The lowest BCUT2D eigenvalue weighted by molar-refractivity contribution is 0.583. The van der Waals surface area contributed by atoms with Gasteiger partial charge in [0.15, 0.2) is 0 Å². The number of aryl methyl sites for hydroxylation is 3. The van der Waals surface area contributed by atoms with Crippen molar-refractivity contribution in [3.05, 3.63) is 59.2 Å². The summed E-state index contributed by atoms with van der Waals surface area (Å²) in [5.74, 6) is 0.702. The van der Waals surface area contributed by atoms with Crippen LogP contribution in [0.1, 0.15) is 16.7 Å². The summed E-state index contributed by atoms with van der Waals surface area (Å²) in [6, 6.07) is 13.6. The van der Waals surface area contributed by atoms with Crippen molar-refractivity contribution in [1.82, 2.24) is 4.72 Å². The number of sulfonamides is 1. The van der Waals surface area contributed by atoms with E-state index in [2.05, 4.69) is 29.0 Å². The highest BCUT2D eigenvalue weighted by atomic mass is 32.2. The van der Waals surface area contributed by atoms with Crippen LogP contribution < -0.4 is 4.72 Å². The van der Waals surface area contributed by atoms with Crippen LogP contribution in [0.3, 0.4) is 0 Å². The summed E-state index contributed by atoms with van der Waals surface area (Å²) >= 11 is 1.64. The molecule has 0 spiro atoms. The van der Waals surface area contributed by atoms with Gasteiger partial charge in [-0.3, -0.25) is 0 Å². The van der Waals surface area contributed by atoms with Gasteiger partial charge in [0.2, 0.25) is 10.0 Å². The van der Waals surface area contributed by atoms with Crippen LogP contribution in [0, 0.1) is 20.8 Å². The van der Waals surface area contributed by atoms with Crippen molar-refractivity contribution in [2.75, 3.05) is 12.3 Å². The van der Waals surface area contributed by atoms with E-state index < -0.39 is 10.0 Å². The van der Waals surface area contributed by atoms with Gasteiger partial charge >= 0.3 is 0 Å². The van der Waals surface area contributed by atoms with E-state index >= 15 is 0 Å². The molecule has 2 rings (SSSR count). The molecule has 1 N–H and O–H groups in total. The lowest BCUT2D eigenvalue weighted by Crippen LogP contribution is -2.26. The van der Waals surface area contributed by atoms with Crippen LogP contribution in [0.15, 0.2) is 52.3 Å². The van der Waals surface area contributed by atoms with Gasteiger partial charge in [0.1, 0.15) is 0 Å². The molecule has 2 aromatic rings. The number of hydrogen-bond donors (Lipinski definition) is 1. The van der Waals surface area contributed by atoms with Crippen molar-refractivity contribution < 1.29 is 8.42 Å². The van der Waals surface area contributed by atoms with E-state index in [1.165, 1.54) is 5.56 Å². The molecule has 0 saturated heterocycles. The Kier molecular flexibility index (Phi) is 5.67. The van der Waals surface area contributed by atoms with Gasteiger partial charge in [0.25, 0.3) is 0 Å². The largest absolute Gasteiger partial charge is 0.240 e. The van der Waals surface area contributed by atoms with Gasteiger partial charge in [0.05, 0.1) is 4.90 Å². The van der Waals surface area contributed by atoms with E-state index in [-0.39, 0.29) is 0 Å². The molecule has 5 heteroatoms. The molecule has 118 valence electrons. The monoisotopic (exact) mass is 335 g/mol. The standard InChI is InChI=1S/C17H21NO2S2/c1-13-4-7-16(8-5-13)21-11-10-18-22(19,20)17-9-6-14(2)12-15(17)3/h4-9,12,18H,10-11H2,1-3H3. The molecule has 0 heterocycles. The number of benzene rings is 2. The SMILES string of the molecule is Cc1ccc(SCCNS(=O)(=O)c2ccc(C)cc2C)cc1. The van der Waals surface area contributed by atoms with Gasteiger partial charge in [-0.2, -0.15) is 0 Å². The Morgan fingerprint density at radius 3 is 2.23 bits per heavy atom. The second kappa shape index (κ2) is 7.31. The van der Waals surface area contributed by atoms with Crippen LogP contribution in [0.25, 0.3) is 0 Å². The maximum absolute atomic E-state index is 12.3. The molecule has 3 nitrogen and oxygen atoms in total. The zero-order chi connectivity index (χ0) is 16.2. The summed E-state index contributed by atoms with van der Waals surface area (Å²) in [5, 5.41) is 0. The van der Waals surface area contributed by atoms with Gasteiger partial charge in [0, 0.05) is 17.2 Å². The molecule has 0 aliphatic carbocycles. The van der Waals surface area contributed by atoms with Crippen LogP contribution in [0.4, 0.5) is 0 Å². The minimum atomic E-state index is -3.43. The predicted molar refractivity (Wildman–Crippen MR) is 93.0 cm³/mol. The predicted octanol–water partition coefficient (Wildman–Crippen LogP) is 3.68. The van der Waals surface area contributed by atoms with Crippen molar-refractivity contribution in [3.63, 3.8) is 0 Å². The molecule has 0 bridgehead atoms. The van der Waals surface area contributed by atoms with E-state index in [0.717, 1.165) is 16.0 Å². The van der Waals surface area contributed by atoms with E-state index in [4.69, 9.17) is 0 Å². The summed E-state index contributed by atoms with van der Waals surface area (Å²) in [6.07, 6.45) is 0. The molecular formula is C17H21NO2S2.